The molecule has 1 nitrogen and oxygen atoms in total. The van der Waals surface area contributed by atoms with Gasteiger partial charge in [0.2, 0.25) is 0 Å². The molecule has 1 heterocycles. The predicted octanol–water partition coefficient (Wildman–Crippen LogP) is 4.13. The highest BCUT2D eigenvalue weighted by molar-refractivity contribution is 9.11. The molecule has 1 saturated heterocycles. The van der Waals surface area contributed by atoms with Crippen molar-refractivity contribution in [2.45, 2.75) is 12.5 Å². The summed E-state index contributed by atoms with van der Waals surface area (Å²) in [6, 6.07) is 6.85. The maximum atomic E-state index is 3.55. The topological polar surface area (TPSA) is 12.0 Å². The Bertz CT molecular complexity index is 324. The lowest BCUT2D eigenvalue weighted by molar-refractivity contribution is 0.812. The summed E-state index contributed by atoms with van der Waals surface area (Å²) in [6.07, 6.45) is 1.27. The van der Waals surface area contributed by atoms with Crippen molar-refractivity contribution in [3.63, 3.8) is 0 Å². The van der Waals surface area contributed by atoms with Crippen molar-refractivity contribution in [1.29, 1.82) is 0 Å². The van der Waals surface area contributed by atoms with Crippen molar-refractivity contribution in [3.05, 3.63) is 27.1 Å². The summed E-state index contributed by atoms with van der Waals surface area (Å²) >= 11 is 9.05. The van der Waals surface area contributed by atoms with E-state index in [9.17, 15) is 0 Å². The molecule has 0 saturated carbocycles. The second kappa shape index (κ2) is 4.90. The van der Waals surface area contributed by atoms with Gasteiger partial charge < -0.3 is 5.32 Å². The number of hydrogen-bond acceptors (Lipinski definition) is 2. The fourth-order valence-electron chi connectivity index (χ4n) is 1.48. The lowest BCUT2D eigenvalue weighted by Gasteiger charge is -2.14. The Hall–Kier alpha value is 0.330. The van der Waals surface area contributed by atoms with Crippen LogP contribution in [0.2, 0.25) is 0 Å². The van der Waals surface area contributed by atoms with Crippen molar-refractivity contribution in [2.75, 3.05) is 16.8 Å². The van der Waals surface area contributed by atoms with Gasteiger partial charge in [0.1, 0.15) is 0 Å². The van der Waals surface area contributed by atoms with Crippen molar-refractivity contribution in [2.24, 2.45) is 0 Å². The molecule has 1 aliphatic heterocycles. The van der Waals surface area contributed by atoms with Crippen LogP contribution in [-0.4, -0.2) is 17.5 Å². The molecule has 1 N–H and O–H groups in total. The first kappa shape index (κ1) is 10.8. The van der Waals surface area contributed by atoms with Gasteiger partial charge in [-0.05, 0) is 46.3 Å². The van der Waals surface area contributed by atoms with Gasteiger partial charge in [-0.1, -0.05) is 15.9 Å². The Morgan fingerprint density at radius 1 is 1.36 bits per heavy atom. The van der Waals surface area contributed by atoms with Crippen LogP contribution in [0.5, 0.6) is 0 Å². The Labute approximate surface area is 105 Å². The first-order valence-electron chi connectivity index (χ1n) is 4.55. The van der Waals surface area contributed by atoms with Crippen molar-refractivity contribution in [1.82, 2.24) is 0 Å². The van der Waals surface area contributed by atoms with E-state index in [4.69, 9.17) is 0 Å². The molecule has 76 valence electrons. The fraction of sp³-hybridized carbons (Fsp3) is 0.400. The van der Waals surface area contributed by atoms with Crippen molar-refractivity contribution in [3.8, 4) is 0 Å². The van der Waals surface area contributed by atoms with Gasteiger partial charge in [0.05, 0.1) is 0 Å². The molecule has 1 atom stereocenters. The highest BCUT2D eigenvalue weighted by Crippen LogP contribution is 2.29. The molecular formula is C10H11Br2NS. The molecule has 14 heavy (non-hydrogen) atoms. The summed E-state index contributed by atoms with van der Waals surface area (Å²) < 4.78 is 2.26. The van der Waals surface area contributed by atoms with Crippen molar-refractivity contribution < 1.29 is 0 Å². The van der Waals surface area contributed by atoms with E-state index >= 15 is 0 Å². The zero-order valence-electron chi connectivity index (χ0n) is 7.59. The zero-order chi connectivity index (χ0) is 9.97. The monoisotopic (exact) mass is 335 g/mol. The standard InChI is InChI=1S/C10H11Br2NS/c11-7-1-2-9(12)10(5-7)13-8-3-4-14-6-8/h1-2,5,8,13H,3-4,6H2. The number of benzene rings is 1. The number of hydrogen-bond donors (Lipinski definition) is 1. The minimum Gasteiger partial charge on any atom is -0.381 e. The molecule has 1 fully saturated rings. The highest BCUT2D eigenvalue weighted by Gasteiger charge is 2.15. The first-order valence-corrected chi connectivity index (χ1v) is 7.29. The fourth-order valence-corrected chi connectivity index (χ4v) is 3.35. The molecule has 1 aromatic carbocycles. The zero-order valence-corrected chi connectivity index (χ0v) is 11.6. The number of rotatable bonds is 2. The Kier molecular flexibility index (Phi) is 3.79. The molecule has 1 aliphatic rings. The van der Waals surface area contributed by atoms with Crippen LogP contribution >= 0.6 is 43.6 Å². The summed E-state index contributed by atoms with van der Waals surface area (Å²) in [5.74, 6) is 2.50. The molecule has 0 bridgehead atoms. The Morgan fingerprint density at radius 3 is 2.93 bits per heavy atom. The second-order valence-corrected chi connectivity index (χ2v) is 6.25. The lowest BCUT2D eigenvalue weighted by Crippen LogP contribution is -2.18. The predicted molar refractivity (Wildman–Crippen MR) is 71.2 cm³/mol. The molecule has 0 radical (unpaired) electrons. The van der Waals surface area contributed by atoms with E-state index in [-0.39, 0.29) is 0 Å². The molecule has 2 rings (SSSR count). The molecular weight excluding hydrogens is 326 g/mol. The van der Waals surface area contributed by atoms with Gasteiger partial charge in [-0.15, -0.1) is 0 Å². The van der Waals surface area contributed by atoms with Crippen molar-refractivity contribution >= 4 is 49.3 Å². The summed E-state index contributed by atoms with van der Waals surface area (Å²) in [5, 5.41) is 3.55. The van der Waals surface area contributed by atoms with Crippen LogP contribution in [-0.2, 0) is 0 Å². The molecule has 0 aliphatic carbocycles. The van der Waals surface area contributed by atoms with Crippen LogP contribution in [0.3, 0.4) is 0 Å². The number of nitrogens with one attached hydrogen (secondary N) is 1. The van der Waals surface area contributed by atoms with Gasteiger partial charge in [-0.3, -0.25) is 0 Å². The molecule has 0 aromatic heterocycles. The third kappa shape index (κ3) is 2.67. The quantitative estimate of drug-likeness (QED) is 0.871. The van der Waals surface area contributed by atoms with Crippen LogP contribution in [0.25, 0.3) is 0 Å². The lowest BCUT2D eigenvalue weighted by atomic mass is 10.2. The molecule has 4 heteroatoms. The summed E-state index contributed by atoms with van der Waals surface area (Å²) in [6.45, 7) is 0. The average molecular weight is 337 g/mol. The summed E-state index contributed by atoms with van der Waals surface area (Å²) in [5.41, 5.74) is 1.19. The summed E-state index contributed by atoms with van der Waals surface area (Å²) in [7, 11) is 0. The van der Waals surface area contributed by atoms with Gasteiger partial charge >= 0.3 is 0 Å². The van der Waals surface area contributed by atoms with Gasteiger partial charge in [0.25, 0.3) is 0 Å². The SMILES string of the molecule is Brc1ccc(Br)c(NC2CCSC2)c1. The maximum Gasteiger partial charge on any atom is 0.0498 e. The van der Waals surface area contributed by atoms with Crippen LogP contribution < -0.4 is 5.32 Å². The number of anilines is 1. The van der Waals surface area contributed by atoms with E-state index in [1.807, 2.05) is 17.8 Å². The third-order valence-electron chi connectivity index (χ3n) is 2.22. The molecule has 0 amide bonds. The van der Waals surface area contributed by atoms with Gasteiger partial charge in [-0.2, -0.15) is 11.8 Å². The number of thioether (sulfide) groups is 1. The van der Waals surface area contributed by atoms with E-state index in [0.29, 0.717) is 6.04 Å². The van der Waals surface area contributed by atoms with E-state index in [2.05, 4.69) is 49.3 Å². The smallest absolute Gasteiger partial charge is 0.0498 e. The first-order chi connectivity index (χ1) is 6.75. The van der Waals surface area contributed by atoms with Gasteiger partial charge in [0.15, 0.2) is 0 Å². The minimum absolute atomic E-state index is 0.630. The maximum absolute atomic E-state index is 3.55. The number of halogens is 2. The normalized spacial score (nSPS) is 21.1. The third-order valence-corrected chi connectivity index (χ3v) is 4.56. The minimum atomic E-state index is 0.630. The average Bonchev–Trinajstić information content (AvgIpc) is 2.64. The molecule has 1 aromatic rings. The van der Waals surface area contributed by atoms with E-state index in [0.717, 1.165) is 8.95 Å². The second-order valence-electron chi connectivity index (χ2n) is 3.33. The van der Waals surface area contributed by atoms with E-state index < -0.39 is 0 Å². The van der Waals surface area contributed by atoms with E-state index in [1.54, 1.807) is 0 Å². The van der Waals surface area contributed by atoms with Crippen LogP contribution in [0.4, 0.5) is 5.69 Å². The van der Waals surface area contributed by atoms with Crippen LogP contribution in [0.1, 0.15) is 6.42 Å². The Balaban J connectivity index is 2.10. The van der Waals surface area contributed by atoms with Crippen LogP contribution in [0.15, 0.2) is 27.1 Å². The van der Waals surface area contributed by atoms with Gasteiger partial charge in [-0.25, -0.2) is 0 Å². The molecule has 0 spiro atoms. The van der Waals surface area contributed by atoms with Gasteiger partial charge in [0, 0.05) is 26.4 Å². The van der Waals surface area contributed by atoms with Crippen LogP contribution in [0, 0.1) is 0 Å². The summed E-state index contributed by atoms with van der Waals surface area (Å²) in [4.78, 5) is 0. The Morgan fingerprint density at radius 2 is 2.21 bits per heavy atom. The molecule has 1 unspecified atom stereocenters. The highest BCUT2D eigenvalue weighted by atomic mass is 79.9. The van der Waals surface area contributed by atoms with E-state index in [1.165, 1.54) is 23.6 Å². The largest absolute Gasteiger partial charge is 0.381 e.